The number of carbonyl (C=O) groups is 1. The van der Waals surface area contributed by atoms with Gasteiger partial charge in [-0.1, -0.05) is 48.5 Å². The van der Waals surface area contributed by atoms with Crippen molar-refractivity contribution in [1.29, 1.82) is 0 Å². The van der Waals surface area contributed by atoms with Gasteiger partial charge in [0.05, 0.1) is 5.41 Å². The minimum absolute atomic E-state index is 0.230. The largest absolute Gasteiger partial charge is 0.362 e. The molecule has 23 heavy (non-hydrogen) atoms. The van der Waals surface area contributed by atoms with E-state index in [9.17, 15) is 9.90 Å². The lowest BCUT2D eigenvalue weighted by Gasteiger charge is -2.37. The molecule has 0 aliphatic carbocycles. The minimum Gasteiger partial charge on any atom is -0.362 e. The zero-order valence-electron chi connectivity index (χ0n) is 13.4. The van der Waals surface area contributed by atoms with Gasteiger partial charge >= 0.3 is 0 Å². The second kappa shape index (κ2) is 4.59. The van der Waals surface area contributed by atoms with Gasteiger partial charge in [-0.05, 0) is 24.1 Å². The smallest absolute Gasteiger partial charge is 0.276 e. The van der Waals surface area contributed by atoms with E-state index < -0.39 is 11.1 Å². The molecule has 118 valence electrons. The number of carbonyl (C=O) groups excluding carboxylic acids is 1. The van der Waals surface area contributed by atoms with E-state index in [0.29, 0.717) is 13.1 Å². The standard InChI is InChI=1S/C19H20N2O2/c1-18-13-20(2)17(22)19(18,23)21(12-14-8-4-3-5-9-14)16-11-7-6-10-15(16)18/h3-11,23H,12-13H2,1-2H3/t18-,19-/m1/s1. The molecule has 0 radical (unpaired) electrons. The summed E-state index contributed by atoms with van der Waals surface area (Å²) < 4.78 is 0. The first-order valence-corrected chi connectivity index (χ1v) is 7.87. The number of amides is 1. The molecule has 2 aromatic carbocycles. The Morgan fingerprint density at radius 2 is 1.74 bits per heavy atom. The normalized spacial score (nSPS) is 28.9. The fourth-order valence-electron chi connectivity index (χ4n) is 4.16. The topological polar surface area (TPSA) is 43.8 Å². The summed E-state index contributed by atoms with van der Waals surface area (Å²) in [6.07, 6.45) is 0. The van der Waals surface area contributed by atoms with E-state index >= 15 is 0 Å². The van der Waals surface area contributed by atoms with Crippen LogP contribution in [-0.2, 0) is 16.8 Å². The van der Waals surface area contributed by atoms with Crippen LogP contribution in [0, 0.1) is 0 Å². The number of anilines is 1. The lowest BCUT2D eigenvalue weighted by molar-refractivity contribution is -0.144. The Labute approximate surface area is 136 Å². The van der Waals surface area contributed by atoms with Crippen LogP contribution < -0.4 is 4.90 Å². The Bertz CT molecular complexity index is 776. The number of fused-ring (bicyclic) bond motifs is 3. The zero-order chi connectivity index (χ0) is 16.2. The highest BCUT2D eigenvalue weighted by molar-refractivity contribution is 5.96. The summed E-state index contributed by atoms with van der Waals surface area (Å²) in [6, 6.07) is 17.9. The first-order valence-electron chi connectivity index (χ1n) is 7.87. The first-order chi connectivity index (χ1) is 11.0. The van der Waals surface area contributed by atoms with Crippen LogP contribution in [0.4, 0.5) is 5.69 Å². The van der Waals surface area contributed by atoms with Gasteiger partial charge in [0.2, 0.25) is 5.72 Å². The molecule has 0 bridgehead atoms. The Morgan fingerprint density at radius 1 is 1.09 bits per heavy atom. The van der Waals surface area contributed by atoms with E-state index in [0.717, 1.165) is 16.8 Å². The number of hydrogen-bond donors (Lipinski definition) is 1. The highest BCUT2D eigenvalue weighted by Gasteiger charge is 2.68. The number of rotatable bonds is 2. The average molecular weight is 308 g/mol. The third kappa shape index (κ3) is 1.67. The summed E-state index contributed by atoms with van der Waals surface area (Å²) in [5.74, 6) is -0.230. The molecular formula is C19H20N2O2. The molecule has 1 N–H and O–H groups in total. The van der Waals surface area contributed by atoms with Crippen LogP contribution in [-0.4, -0.2) is 35.2 Å². The molecule has 2 heterocycles. The molecule has 1 fully saturated rings. The number of likely N-dealkylation sites (tertiary alicyclic amines) is 1. The number of likely N-dealkylation sites (N-methyl/N-ethyl adjacent to an activating group) is 1. The van der Waals surface area contributed by atoms with Gasteiger partial charge in [0, 0.05) is 25.8 Å². The fraction of sp³-hybridized carbons (Fsp3) is 0.316. The molecule has 1 saturated heterocycles. The second-order valence-electron chi connectivity index (χ2n) is 6.75. The maximum atomic E-state index is 12.8. The van der Waals surface area contributed by atoms with Crippen LogP contribution >= 0.6 is 0 Å². The van der Waals surface area contributed by atoms with Crippen LogP contribution in [0.2, 0.25) is 0 Å². The Hall–Kier alpha value is -2.33. The molecule has 2 aromatic rings. The molecule has 2 atom stereocenters. The zero-order valence-corrected chi connectivity index (χ0v) is 13.4. The van der Waals surface area contributed by atoms with E-state index in [1.54, 1.807) is 11.9 Å². The summed E-state index contributed by atoms with van der Waals surface area (Å²) in [7, 11) is 1.76. The van der Waals surface area contributed by atoms with Crippen molar-refractivity contribution in [2.75, 3.05) is 18.5 Å². The molecule has 1 amide bonds. The number of aliphatic hydroxyl groups is 1. The number of para-hydroxylation sites is 1. The summed E-state index contributed by atoms with van der Waals surface area (Å²) in [6.45, 7) is 3.01. The predicted octanol–water partition coefficient (Wildman–Crippen LogP) is 2.13. The molecule has 4 rings (SSSR count). The summed E-state index contributed by atoms with van der Waals surface area (Å²) in [5, 5.41) is 11.5. The summed E-state index contributed by atoms with van der Waals surface area (Å²) >= 11 is 0. The third-order valence-electron chi connectivity index (χ3n) is 5.33. The van der Waals surface area contributed by atoms with Crippen molar-refractivity contribution < 1.29 is 9.90 Å². The summed E-state index contributed by atoms with van der Waals surface area (Å²) in [4.78, 5) is 16.3. The molecule has 0 spiro atoms. The molecule has 4 nitrogen and oxygen atoms in total. The lowest BCUT2D eigenvalue weighted by Crippen LogP contribution is -2.59. The highest BCUT2D eigenvalue weighted by Crippen LogP contribution is 2.55. The minimum atomic E-state index is -1.53. The van der Waals surface area contributed by atoms with E-state index in [-0.39, 0.29) is 5.91 Å². The van der Waals surface area contributed by atoms with E-state index in [4.69, 9.17) is 0 Å². The van der Waals surface area contributed by atoms with Crippen LogP contribution in [0.1, 0.15) is 18.1 Å². The van der Waals surface area contributed by atoms with Crippen molar-refractivity contribution in [2.24, 2.45) is 0 Å². The molecule has 0 aromatic heterocycles. The Balaban J connectivity index is 1.88. The maximum absolute atomic E-state index is 12.8. The van der Waals surface area contributed by atoms with Gasteiger partial charge in [0.1, 0.15) is 0 Å². The molecule has 2 aliphatic rings. The van der Waals surface area contributed by atoms with Crippen LogP contribution in [0.25, 0.3) is 0 Å². The summed E-state index contributed by atoms with van der Waals surface area (Å²) in [5.41, 5.74) is 0.909. The fourth-order valence-corrected chi connectivity index (χ4v) is 4.16. The maximum Gasteiger partial charge on any atom is 0.276 e. The van der Waals surface area contributed by atoms with Crippen LogP contribution in [0.15, 0.2) is 54.6 Å². The Kier molecular flexibility index (Phi) is 2.85. The van der Waals surface area contributed by atoms with Crippen molar-refractivity contribution in [3.05, 3.63) is 65.7 Å². The highest BCUT2D eigenvalue weighted by atomic mass is 16.3. The van der Waals surface area contributed by atoms with Gasteiger partial charge in [-0.3, -0.25) is 4.79 Å². The van der Waals surface area contributed by atoms with E-state index in [2.05, 4.69) is 0 Å². The van der Waals surface area contributed by atoms with E-state index in [1.807, 2.05) is 66.4 Å². The molecule has 4 heteroatoms. The van der Waals surface area contributed by atoms with E-state index in [1.165, 1.54) is 0 Å². The lowest BCUT2D eigenvalue weighted by atomic mass is 9.78. The number of nitrogens with zero attached hydrogens (tertiary/aromatic N) is 2. The van der Waals surface area contributed by atoms with Crippen molar-refractivity contribution in [3.8, 4) is 0 Å². The van der Waals surface area contributed by atoms with Gasteiger partial charge in [-0.25, -0.2) is 0 Å². The van der Waals surface area contributed by atoms with Crippen molar-refractivity contribution in [2.45, 2.75) is 24.6 Å². The Morgan fingerprint density at radius 3 is 2.48 bits per heavy atom. The second-order valence-corrected chi connectivity index (χ2v) is 6.75. The first kappa shape index (κ1) is 14.3. The molecule has 2 aliphatic heterocycles. The molecular weight excluding hydrogens is 288 g/mol. The average Bonchev–Trinajstić information content (AvgIpc) is 2.86. The van der Waals surface area contributed by atoms with Gasteiger partial charge in [0.15, 0.2) is 0 Å². The van der Waals surface area contributed by atoms with Crippen LogP contribution in [0.3, 0.4) is 0 Å². The van der Waals surface area contributed by atoms with Gasteiger partial charge in [-0.2, -0.15) is 0 Å². The van der Waals surface area contributed by atoms with Crippen molar-refractivity contribution in [3.63, 3.8) is 0 Å². The number of benzene rings is 2. The van der Waals surface area contributed by atoms with Crippen LogP contribution in [0.5, 0.6) is 0 Å². The van der Waals surface area contributed by atoms with Crippen molar-refractivity contribution in [1.82, 2.24) is 4.90 Å². The van der Waals surface area contributed by atoms with Gasteiger partial charge < -0.3 is 14.9 Å². The van der Waals surface area contributed by atoms with Gasteiger partial charge in [-0.15, -0.1) is 0 Å². The molecule has 0 unspecified atom stereocenters. The monoisotopic (exact) mass is 308 g/mol. The van der Waals surface area contributed by atoms with Crippen molar-refractivity contribution >= 4 is 11.6 Å². The molecule has 0 saturated carbocycles. The quantitative estimate of drug-likeness (QED) is 0.924. The SMILES string of the molecule is CN1C[C@]2(C)c3ccccc3N(Cc3ccccc3)[C@@]2(O)C1=O. The number of hydrogen-bond acceptors (Lipinski definition) is 3. The van der Waals surface area contributed by atoms with Gasteiger partial charge in [0.25, 0.3) is 5.91 Å². The predicted molar refractivity (Wildman–Crippen MR) is 89.0 cm³/mol. The third-order valence-corrected chi connectivity index (χ3v) is 5.33.